The van der Waals surface area contributed by atoms with Gasteiger partial charge in [-0.2, -0.15) is 4.98 Å². The molecule has 1 saturated heterocycles. The highest BCUT2D eigenvalue weighted by atomic mass is 19.1. The van der Waals surface area contributed by atoms with E-state index in [1.165, 1.54) is 62.9 Å². The normalized spacial score (nSPS) is 17.9. The van der Waals surface area contributed by atoms with Gasteiger partial charge >= 0.3 is 0 Å². The summed E-state index contributed by atoms with van der Waals surface area (Å²) in [6.45, 7) is 2.37. The molecule has 7 heteroatoms. The molecule has 3 aromatic rings. The number of nitrogens with one attached hydrogen (secondary N) is 2. The van der Waals surface area contributed by atoms with Gasteiger partial charge < -0.3 is 15.5 Å². The van der Waals surface area contributed by atoms with Crippen molar-refractivity contribution in [3.8, 4) is 11.3 Å². The summed E-state index contributed by atoms with van der Waals surface area (Å²) in [7, 11) is 2.20. The Morgan fingerprint density at radius 3 is 2.40 bits per heavy atom. The van der Waals surface area contributed by atoms with Gasteiger partial charge in [0.2, 0.25) is 5.95 Å². The average molecular weight is 475 g/mol. The Kier molecular flexibility index (Phi) is 7.52. The molecule has 1 aliphatic carbocycles. The van der Waals surface area contributed by atoms with E-state index in [2.05, 4.69) is 39.7 Å². The van der Waals surface area contributed by atoms with Crippen molar-refractivity contribution in [1.29, 1.82) is 0 Å². The van der Waals surface area contributed by atoms with Crippen LogP contribution in [0.2, 0.25) is 0 Å². The zero-order valence-electron chi connectivity index (χ0n) is 20.5. The Balaban J connectivity index is 1.35. The topological polar surface area (TPSA) is 66.0 Å². The summed E-state index contributed by atoms with van der Waals surface area (Å²) in [5.41, 5.74) is 3.83. The SMILES string of the molecule is CN1CCC(Cc2ccc(-c3cnc(Nc4ccc(F)cc4)nc3NC3CCCCC3)nc2)CC1. The number of benzene rings is 1. The van der Waals surface area contributed by atoms with Crippen LogP contribution in [0.15, 0.2) is 48.8 Å². The van der Waals surface area contributed by atoms with Gasteiger partial charge in [-0.3, -0.25) is 4.98 Å². The molecule has 1 aliphatic heterocycles. The number of anilines is 3. The lowest BCUT2D eigenvalue weighted by Crippen LogP contribution is -2.30. The summed E-state index contributed by atoms with van der Waals surface area (Å²) in [6, 6.07) is 10.9. The van der Waals surface area contributed by atoms with Crippen LogP contribution in [-0.4, -0.2) is 46.0 Å². The number of piperidine rings is 1. The standard InChI is InChI=1S/C28H35FN6/c1-35-15-13-20(14-16-35)17-21-7-12-26(30-18-21)25-19-31-28(33-24-10-8-22(29)9-11-24)34-27(25)32-23-5-3-2-4-6-23/h7-12,18-20,23H,2-6,13-17H2,1H3,(H2,31,32,33,34). The fraction of sp³-hybridized carbons (Fsp3) is 0.464. The fourth-order valence-electron chi connectivity index (χ4n) is 5.15. The zero-order valence-corrected chi connectivity index (χ0v) is 20.5. The van der Waals surface area contributed by atoms with Crippen molar-refractivity contribution in [2.75, 3.05) is 30.8 Å². The Hall–Kier alpha value is -3.06. The molecule has 0 atom stereocenters. The molecule has 1 aromatic carbocycles. The third-order valence-electron chi connectivity index (χ3n) is 7.30. The van der Waals surface area contributed by atoms with Gasteiger partial charge in [0, 0.05) is 24.1 Å². The van der Waals surface area contributed by atoms with Gasteiger partial charge in [-0.05, 0) is 94.1 Å². The van der Waals surface area contributed by atoms with Crippen molar-refractivity contribution >= 4 is 17.5 Å². The number of hydrogen-bond acceptors (Lipinski definition) is 6. The van der Waals surface area contributed by atoms with E-state index in [-0.39, 0.29) is 5.82 Å². The Morgan fingerprint density at radius 1 is 0.914 bits per heavy atom. The minimum atomic E-state index is -0.267. The minimum Gasteiger partial charge on any atom is -0.367 e. The summed E-state index contributed by atoms with van der Waals surface area (Å²) >= 11 is 0. The first-order valence-electron chi connectivity index (χ1n) is 12.9. The van der Waals surface area contributed by atoms with Crippen LogP contribution < -0.4 is 10.6 Å². The molecule has 0 bridgehead atoms. The summed E-state index contributed by atoms with van der Waals surface area (Å²) in [5.74, 6) is 1.75. The number of aromatic nitrogens is 3. The van der Waals surface area contributed by atoms with Crippen LogP contribution in [-0.2, 0) is 6.42 Å². The first kappa shape index (κ1) is 23.7. The maximum Gasteiger partial charge on any atom is 0.229 e. The quantitative estimate of drug-likeness (QED) is 0.435. The van der Waals surface area contributed by atoms with Gasteiger partial charge in [0.1, 0.15) is 11.6 Å². The van der Waals surface area contributed by atoms with E-state index in [0.717, 1.165) is 47.9 Å². The first-order valence-corrected chi connectivity index (χ1v) is 12.9. The highest BCUT2D eigenvalue weighted by molar-refractivity contribution is 5.73. The van der Waals surface area contributed by atoms with E-state index < -0.39 is 0 Å². The predicted octanol–water partition coefficient (Wildman–Crippen LogP) is 6.05. The van der Waals surface area contributed by atoms with Crippen molar-refractivity contribution in [2.24, 2.45) is 5.92 Å². The molecule has 2 N–H and O–H groups in total. The molecule has 0 radical (unpaired) electrons. The highest BCUT2D eigenvalue weighted by Gasteiger charge is 2.19. The lowest BCUT2D eigenvalue weighted by atomic mass is 9.91. The fourth-order valence-corrected chi connectivity index (χ4v) is 5.15. The van der Waals surface area contributed by atoms with Gasteiger partial charge in [0.05, 0.1) is 11.3 Å². The van der Waals surface area contributed by atoms with Crippen LogP contribution >= 0.6 is 0 Å². The maximum atomic E-state index is 13.3. The largest absolute Gasteiger partial charge is 0.367 e. The third-order valence-corrected chi connectivity index (χ3v) is 7.30. The van der Waals surface area contributed by atoms with E-state index in [4.69, 9.17) is 9.97 Å². The van der Waals surface area contributed by atoms with E-state index in [1.807, 2.05) is 12.4 Å². The number of halogens is 1. The van der Waals surface area contributed by atoms with Crippen LogP contribution in [0, 0.1) is 11.7 Å². The first-order chi connectivity index (χ1) is 17.1. The minimum absolute atomic E-state index is 0.267. The van der Waals surface area contributed by atoms with Gasteiger partial charge in [-0.25, -0.2) is 9.37 Å². The van der Waals surface area contributed by atoms with Crippen molar-refractivity contribution in [3.63, 3.8) is 0 Å². The monoisotopic (exact) mass is 474 g/mol. The van der Waals surface area contributed by atoms with Gasteiger partial charge in [-0.1, -0.05) is 25.3 Å². The molecule has 0 spiro atoms. The molecular weight excluding hydrogens is 439 g/mol. The lowest BCUT2D eigenvalue weighted by Gasteiger charge is -2.28. The van der Waals surface area contributed by atoms with Crippen molar-refractivity contribution in [3.05, 3.63) is 60.2 Å². The summed E-state index contributed by atoms with van der Waals surface area (Å²) < 4.78 is 13.3. The summed E-state index contributed by atoms with van der Waals surface area (Å²) in [6.07, 6.45) is 13.5. The van der Waals surface area contributed by atoms with E-state index >= 15 is 0 Å². The number of pyridine rings is 1. The molecule has 2 aliphatic rings. The second-order valence-electron chi connectivity index (χ2n) is 10.1. The molecule has 2 aromatic heterocycles. The summed E-state index contributed by atoms with van der Waals surface area (Å²) in [5, 5.41) is 6.86. The van der Waals surface area contributed by atoms with Crippen LogP contribution in [0.25, 0.3) is 11.3 Å². The molecule has 5 rings (SSSR count). The van der Waals surface area contributed by atoms with Crippen molar-refractivity contribution in [1.82, 2.24) is 19.9 Å². The molecule has 3 heterocycles. The maximum absolute atomic E-state index is 13.3. The van der Waals surface area contributed by atoms with Gasteiger partial charge in [0.15, 0.2) is 0 Å². The zero-order chi connectivity index (χ0) is 24.0. The van der Waals surface area contributed by atoms with E-state index in [1.54, 1.807) is 12.1 Å². The number of likely N-dealkylation sites (tertiary alicyclic amines) is 1. The Morgan fingerprint density at radius 2 is 1.69 bits per heavy atom. The Bertz CT molecular complexity index is 1090. The Labute approximate surface area is 207 Å². The van der Waals surface area contributed by atoms with Gasteiger partial charge in [0.25, 0.3) is 0 Å². The summed E-state index contributed by atoms with van der Waals surface area (Å²) in [4.78, 5) is 16.6. The molecule has 0 amide bonds. The lowest BCUT2D eigenvalue weighted by molar-refractivity contribution is 0.219. The highest BCUT2D eigenvalue weighted by Crippen LogP contribution is 2.30. The van der Waals surface area contributed by atoms with Gasteiger partial charge in [-0.15, -0.1) is 0 Å². The molecule has 1 saturated carbocycles. The van der Waals surface area contributed by atoms with Crippen molar-refractivity contribution < 1.29 is 4.39 Å². The smallest absolute Gasteiger partial charge is 0.229 e. The number of rotatable bonds is 7. The molecule has 184 valence electrons. The molecule has 0 unspecified atom stereocenters. The second kappa shape index (κ2) is 11.1. The average Bonchev–Trinajstić information content (AvgIpc) is 2.88. The third kappa shape index (κ3) is 6.34. The second-order valence-corrected chi connectivity index (χ2v) is 10.1. The molecule has 6 nitrogen and oxygen atoms in total. The molecular formula is C28H35FN6. The molecule has 2 fully saturated rings. The predicted molar refractivity (Wildman–Crippen MR) is 139 cm³/mol. The van der Waals surface area contributed by atoms with Crippen molar-refractivity contribution in [2.45, 2.75) is 57.4 Å². The van der Waals surface area contributed by atoms with Crippen LogP contribution in [0.3, 0.4) is 0 Å². The van der Waals surface area contributed by atoms with Crippen LogP contribution in [0.1, 0.15) is 50.5 Å². The van der Waals surface area contributed by atoms with E-state index in [9.17, 15) is 4.39 Å². The number of hydrogen-bond donors (Lipinski definition) is 2. The van der Waals surface area contributed by atoms with Crippen LogP contribution in [0.5, 0.6) is 0 Å². The van der Waals surface area contributed by atoms with E-state index in [0.29, 0.717) is 12.0 Å². The van der Waals surface area contributed by atoms with Crippen LogP contribution in [0.4, 0.5) is 21.8 Å². The number of nitrogens with zero attached hydrogens (tertiary/aromatic N) is 4. The molecule has 35 heavy (non-hydrogen) atoms.